The number of rotatable bonds is 7. The number of ether oxygens (including phenoxy) is 1. The van der Waals surface area contributed by atoms with Gasteiger partial charge >= 0.3 is 0 Å². The second-order valence-corrected chi connectivity index (χ2v) is 10.1. The van der Waals surface area contributed by atoms with Gasteiger partial charge in [-0.15, -0.1) is 0 Å². The first kappa shape index (κ1) is 21.8. The summed E-state index contributed by atoms with van der Waals surface area (Å²) in [4.78, 5) is 14.8. The zero-order valence-electron chi connectivity index (χ0n) is 15.8. The lowest BCUT2D eigenvalue weighted by molar-refractivity contribution is -0.0675. The van der Waals surface area contributed by atoms with Gasteiger partial charge in [0.1, 0.15) is 0 Å². The van der Waals surface area contributed by atoms with E-state index < -0.39 is 15.6 Å². The summed E-state index contributed by atoms with van der Waals surface area (Å²) in [7, 11) is -3.26. The SMILES string of the molecule is CCCS(=O)(=O)N1CC(CNC(=O)c2ccc(Cl)cc2Cl)(N2CCOCC2)C1. The molecule has 28 heavy (non-hydrogen) atoms. The van der Waals surface area contributed by atoms with Crippen molar-refractivity contribution in [3.8, 4) is 0 Å². The van der Waals surface area contributed by atoms with E-state index in [4.69, 9.17) is 27.9 Å². The molecule has 7 nitrogen and oxygen atoms in total. The zero-order chi connectivity index (χ0) is 20.4. The number of hydrogen-bond acceptors (Lipinski definition) is 5. The minimum Gasteiger partial charge on any atom is -0.379 e. The van der Waals surface area contributed by atoms with Gasteiger partial charge in [-0.1, -0.05) is 30.1 Å². The van der Waals surface area contributed by atoms with Crippen LogP contribution < -0.4 is 5.32 Å². The Morgan fingerprint density at radius 3 is 2.54 bits per heavy atom. The van der Waals surface area contributed by atoms with Gasteiger partial charge in [-0.3, -0.25) is 9.69 Å². The zero-order valence-corrected chi connectivity index (χ0v) is 18.1. The summed E-state index contributed by atoms with van der Waals surface area (Å²) in [6.07, 6.45) is 0.579. The second kappa shape index (κ2) is 8.85. The van der Waals surface area contributed by atoms with Gasteiger partial charge in [0.15, 0.2) is 0 Å². The number of nitrogens with one attached hydrogen (secondary N) is 1. The molecule has 2 fully saturated rings. The highest BCUT2D eigenvalue weighted by Gasteiger charge is 2.51. The first-order chi connectivity index (χ1) is 13.3. The molecule has 0 atom stereocenters. The number of nitrogens with zero attached hydrogens (tertiary/aromatic N) is 2. The minimum atomic E-state index is -3.26. The van der Waals surface area contributed by atoms with Gasteiger partial charge in [-0.25, -0.2) is 8.42 Å². The maximum Gasteiger partial charge on any atom is 0.252 e. The van der Waals surface area contributed by atoms with Crippen LogP contribution in [0.15, 0.2) is 18.2 Å². The Balaban J connectivity index is 1.71. The lowest BCUT2D eigenvalue weighted by atomic mass is 9.89. The van der Waals surface area contributed by atoms with Crippen molar-refractivity contribution in [1.29, 1.82) is 0 Å². The highest BCUT2D eigenvalue weighted by Crippen LogP contribution is 2.31. The van der Waals surface area contributed by atoms with E-state index in [0.717, 1.165) is 0 Å². The van der Waals surface area contributed by atoms with Crippen LogP contribution in [0.5, 0.6) is 0 Å². The first-order valence-electron chi connectivity index (χ1n) is 9.31. The molecule has 1 amide bonds. The fourth-order valence-corrected chi connectivity index (χ4v) is 5.81. The molecule has 2 aliphatic heterocycles. The summed E-state index contributed by atoms with van der Waals surface area (Å²) < 4.78 is 31.7. The molecular weight excluding hydrogens is 425 g/mol. The van der Waals surface area contributed by atoms with Crippen LogP contribution >= 0.6 is 23.2 Å². The molecule has 0 bridgehead atoms. The van der Waals surface area contributed by atoms with E-state index >= 15 is 0 Å². The topological polar surface area (TPSA) is 79.0 Å². The molecule has 0 unspecified atom stereocenters. The van der Waals surface area contributed by atoms with Crippen LogP contribution in [-0.2, 0) is 14.8 Å². The van der Waals surface area contributed by atoms with Gasteiger partial charge in [-0.05, 0) is 24.6 Å². The van der Waals surface area contributed by atoms with Gasteiger partial charge in [0, 0.05) is 37.7 Å². The fraction of sp³-hybridized carbons (Fsp3) is 0.611. The molecule has 1 aromatic carbocycles. The molecule has 10 heteroatoms. The standard InChI is InChI=1S/C18H25Cl2N3O4S/c1-2-9-28(25,26)23-12-18(13-23,22-5-7-27-8-6-22)11-21-17(24)15-4-3-14(19)10-16(15)20/h3-4,10H,2,5-9,11-13H2,1H3,(H,21,24). The van der Waals surface area contributed by atoms with Gasteiger partial charge in [0.2, 0.25) is 10.0 Å². The highest BCUT2D eigenvalue weighted by atomic mass is 35.5. The van der Waals surface area contributed by atoms with Crippen molar-refractivity contribution >= 4 is 39.1 Å². The van der Waals surface area contributed by atoms with Crippen molar-refractivity contribution in [2.24, 2.45) is 0 Å². The van der Waals surface area contributed by atoms with Gasteiger partial charge in [0.05, 0.1) is 35.1 Å². The van der Waals surface area contributed by atoms with Crippen molar-refractivity contribution in [3.05, 3.63) is 33.8 Å². The van der Waals surface area contributed by atoms with Crippen LogP contribution in [0.25, 0.3) is 0 Å². The minimum absolute atomic E-state index is 0.138. The average molecular weight is 450 g/mol. The molecule has 0 spiro atoms. The highest BCUT2D eigenvalue weighted by molar-refractivity contribution is 7.89. The predicted octanol–water partition coefficient (Wildman–Crippen LogP) is 1.85. The molecule has 1 aromatic rings. The Labute approximate surface area is 176 Å². The summed E-state index contributed by atoms with van der Waals surface area (Å²) in [5.41, 5.74) is -0.0860. The summed E-state index contributed by atoms with van der Waals surface area (Å²) in [5, 5.41) is 3.68. The molecule has 1 N–H and O–H groups in total. The van der Waals surface area contributed by atoms with E-state index in [1.807, 2.05) is 6.92 Å². The number of sulfonamides is 1. The molecule has 156 valence electrons. The van der Waals surface area contributed by atoms with E-state index in [1.54, 1.807) is 12.1 Å². The Morgan fingerprint density at radius 2 is 1.93 bits per heavy atom. The fourth-order valence-electron chi connectivity index (χ4n) is 3.67. The van der Waals surface area contributed by atoms with Crippen LogP contribution in [-0.4, -0.2) is 80.8 Å². The number of amides is 1. The van der Waals surface area contributed by atoms with E-state index in [2.05, 4.69) is 10.2 Å². The monoisotopic (exact) mass is 449 g/mol. The third-order valence-corrected chi connectivity index (χ3v) is 7.75. The number of carbonyl (C=O) groups is 1. The number of hydrogen-bond donors (Lipinski definition) is 1. The van der Waals surface area contributed by atoms with Gasteiger partial charge in [-0.2, -0.15) is 4.31 Å². The normalized spacial score (nSPS) is 20.5. The lowest BCUT2D eigenvalue weighted by Crippen LogP contribution is -2.76. The summed E-state index contributed by atoms with van der Waals surface area (Å²) >= 11 is 12.0. The average Bonchev–Trinajstić information content (AvgIpc) is 2.61. The van der Waals surface area contributed by atoms with E-state index in [1.165, 1.54) is 10.4 Å². The number of carbonyl (C=O) groups excluding carboxylic acids is 1. The summed E-state index contributed by atoms with van der Waals surface area (Å²) in [6, 6.07) is 4.72. The molecule has 3 rings (SSSR count). The maximum atomic E-state index is 12.6. The van der Waals surface area contributed by atoms with Crippen molar-refractivity contribution in [2.45, 2.75) is 18.9 Å². The molecule has 0 radical (unpaired) electrons. The third kappa shape index (κ3) is 4.63. The quantitative estimate of drug-likeness (QED) is 0.686. The lowest BCUT2D eigenvalue weighted by Gasteiger charge is -2.56. The number of morpholine rings is 1. The number of benzene rings is 1. The molecule has 0 aromatic heterocycles. The van der Waals surface area contributed by atoms with E-state index in [9.17, 15) is 13.2 Å². The first-order valence-corrected chi connectivity index (χ1v) is 11.7. The van der Waals surface area contributed by atoms with Crippen LogP contribution in [0.2, 0.25) is 10.0 Å². The van der Waals surface area contributed by atoms with Crippen molar-refractivity contribution < 1.29 is 17.9 Å². The predicted molar refractivity (Wildman–Crippen MR) is 110 cm³/mol. The third-order valence-electron chi connectivity index (χ3n) is 5.23. The van der Waals surface area contributed by atoms with Crippen molar-refractivity contribution in [1.82, 2.24) is 14.5 Å². The van der Waals surface area contributed by atoms with Crippen LogP contribution in [0, 0.1) is 0 Å². The van der Waals surface area contributed by atoms with Crippen molar-refractivity contribution in [3.63, 3.8) is 0 Å². The molecule has 2 heterocycles. The molecular formula is C18H25Cl2N3O4S. The largest absolute Gasteiger partial charge is 0.379 e. The smallest absolute Gasteiger partial charge is 0.252 e. The Kier molecular flexibility index (Phi) is 6.89. The van der Waals surface area contributed by atoms with Crippen LogP contribution in [0.1, 0.15) is 23.7 Å². The molecule has 0 aliphatic carbocycles. The molecule has 2 saturated heterocycles. The maximum absolute atomic E-state index is 12.6. The molecule has 0 saturated carbocycles. The Bertz CT molecular complexity index is 822. The van der Waals surface area contributed by atoms with Crippen molar-refractivity contribution in [2.75, 3.05) is 51.7 Å². The second-order valence-electron chi connectivity index (χ2n) is 7.21. The Hall–Kier alpha value is -0.900. The Morgan fingerprint density at radius 1 is 1.25 bits per heavy atom. The van der Waals surface area contributed by atoms with Gasteiger partial charge in [0.25, 0.3) is 5.91 Å². The number of halogens is 2. The summed E-state index contributed by atoms with van der Waals surface area (Å²) in [5.74, 6) is -0.164. The summed E-state index contributed by atoms with van der Waals surface area (Å²) in [6.45, 7) is 5.53. The van der Waals surface area contributed by atoms with E-state index in [0.29, 0.717) is 62.9 Å². The van der Waals surface area contributed by atoms with Gasteiger partial charge < -0.3 is 10.1 Å². The molecule has 2 aliphatic rings. The van der Waals surface area contributed by atoms with Crippen LogP contribution in [0.4, 0.5) is 0 Å². The van der Waals surface area contributed by atoms with E-state index in [-0.39, 0.29) is 16.7 Å². The van der Waals surface area contributed by atoms with Crippen LogP contribution in [0.3, 0.4) is 0 Å².